The summed E-state index contributed by atoms with van der Waals surface area (Å²) < 4.78 is 22.7. The Morgan fingerprint density at radius 1 is 1.00 bits per heavy atom. The second-order valence-electron chi connectivity index (χ2n) is 9.46. The highest BCUT2D eigenvalue weighted by Gasteiger charge is 2.32. The molecule has 7 nitrogen and oxygen atoms in total. The number of carbonyl (C=O) groups excluding carboxylic acids is 1. The molecule has 196 valence electrons. The molecule has 5 rings (SSSR count). The maximum atomic E-state index is 13.5. The fraction of sp³-hybridized carbons (Fsp3) is 0.290. The first-order chi connectivity index (χ1) is 18.5. The van der Waals surface area contributed by atoms with Gasteiger partial charge in [0.05, 0.1) is 20.3 Å². The van der Waals surface area contributed by atoms with Crippen molar-refractivity contribution in [3.63, 3.8) is 0 Å². The maximum absolute atomic E-state index is 13.5. The van der Waals surface area contributed by atoms with Crippen molar-refractivity contribution in [1.29, 1.82) is 0 Å². The zero-order valence-electron chi connectivity index (χ0n) is 21.9. The third-order valence-electron chi connectivity index (χ3n) is 7.12. The number of rotatable bonds is 8. The van der Waals surface area contributed by atoms with Gasteiger partial charge in [-0.15, -0.1) is 0 Å². The van der Waals surface area contributed by atoms with Crippen molar-refractivity contribution < 1.29 is 23.4 Å². The monoisotopic (exact) mass is 513 g/mol. The van der Waals surface area contributed by atoms with Crippen LogP contribution in [0.15, 0.2) is 75.9 Å². The lowest BCUT2D eigenvalue weighted by Crippen LogP contribution is -2.42. The molecule has 0 saturated carbocycles. The van der Waals surface area contributed by atoms with E-state index in [2.05, 4.69) is 0 Å². The number of hydrogen-bond donors (Lipinski definition) is 0. The minimum absolute atomic E-state index is 0.0722. The Morgan fingerprint density at radius 3 is 2.53 bits per heavy atom. The Morgan fingerprint density at radius 2 is 1.76 bits per heavy atom. The van der Waals surface area contributed by atoms with E-state index in [1.165, 1.54) is 6.07 Å². The first-order valence-electron chi connectivity index (χ1n) is 12.7. The van der Waals surface area contributed by atoms with Gasteiger partial charge in [-0.3, -0.25) is 4.79 Å². The molecule has 0 N–H and O–H groups in total. The van der Waals surface area contributed by atoms with Crippen LogP contribution in [0.3, 0.4) is 0 Å². The number of carbonyl (C=O) groups is 1. The number of ether oxygens (including phenoxy) is 3. The summed E-state index contributed by atoms with van der Waals surface area (Å²) in [4.78, 5) is 27.3. The average molecular weight is 514 g/mol. The van der Waals surface area contributed by atoms with Crippen molar-refractivity contribution in [2.75, 3.05) is 27.4 Å². The number of fused-ring (bicyclic) bond motifs is 2. The van der Waals surface area contributed by atoms with Gasteiger partial charge in [0.1, 0.15) is 17.9 Å². The van der Waals surface area contributed by atoms with E-state index in [1.54, 1.807) is 20.3 Å². The number of methoxy groups -OCH3 is 2. The van der Waals surface area contributed by atoms with E-state index in [0.29, 0.717) is 48.6 Å². The largest absolute Gasteiger partial charge is 0.493 e. The van der Waals surface area contributed by atoms with Crippen molar-refractivity contribution in [3.8, 4) is 17.2 Å². The van der Waals surface area contributed by atoms with E-state index in [9.17, 15) is 9.59 Å². The van der Waals surface area contributed by atoms with Gasteiger partial charge >= 0.3 is 5.63 Å². The second kappa shape index (κ2) is 11.0. The average Bonchev–Trinajstić information content (AvgIpc) is 2.93. The van der Waals surface area contributed by atoms with Gasteiger partial charge in [0.25, 0.3) is 0 Å². The first-order valence-corrected chi connectivity index (χ1v) is 12.7. The van der Waals surface area contributed by atoms with Crippen LogP contribution in [0.5, 0.6) is 17.2 Å². The summed E-state index contributed by atoms with van der Waals surface area (Å²) in [6.07, 6.45) is 1.79. The predicted octanol–water partition coefficient (Wildman–Crippen LogP) is 5.26. The Hall–Kier alpha value is -4.26. The maximum Gasteiger partial charge on any atom is 0.336 e. The SMILES string of the molecule is COc1cc2c(cc1OC)C(COc1ccc3c(C)cc(=O)oc3c1)N(C(=O)CCc1ccccc1)CC2. The summed E-state index contributed by atoms with van der Waals surface area (Å²) >= 11 is 0. The summed E-state index contributed by atoms with van der Waals surface area (Å²) in [5.41, 5.74) is 4.13. The number of hydrogen-bond acceptors (Lipinski definition) is 6. The van der Waals surface area contributed by atoms with E-state index in [-0.39, 0.29) is 18.6 Å². The zero-order valence-corrected chi connectivity index (χ0v) is 21.9. The molecule has 0 bridgehead atoms. The molecule has 4 aromatic rings. The third-order valence-corrected chi connectivity index (χ3v) is 7.12. The second-order valence-corrected chi connectivity index (χ2v) is 9.46. The molecular weight excluding hydrogens is 482 g/mol. The molecule has 0 radical (unpaired) electrons. The molecule has 3 aromatic carbocycles. The first kappa shape index (κ1) is 25.4. The van der Waals surface area contributed by atoms with Gasteiger partial charge in [0.2, 0.25) is 5.91 Å². The molecule has 1 atom stereocenters. The molecule has 1 amide bonds. The van der Waals surface area contributed by atoms with Crippen molar-refractivity contribution >= 4 is 16.9 Å². The zero-order chi connectivity index (χ0) is 26.6. The summed E-state index contributed by atoms with van der Waals surface area (Å²) in [5, 5.41) is 0.856. The number of amides is 1. The summed E-state index contributed by atoms with van der Waals surface area (Å²) in [6, 6.07) is 20.6. The van der Waals surface area contributed by atoms with Crippen molar-refractivity contribution in [1.82, 2.24) is 4.90 Å². The van der Waals surface area contributed by atoms with E-state index in [1.807, 2.05) is 66.4 Å². The molecule has 1 aliphatic heterocycles. The van der Waals surface area contributed by atoms with Gasteiger partial charge in [-0.1, -0.05) is 30.3 Å². The molecular formula is C31H31NO6. The lowest BCUT2D eigenvalue weighted by atomic mass is 9.91. The number of benzene rings is 3. The molecule has 7 heteroatoms. The van der Waals surface area contributed by atoms with Crippen LogP contribution in [0.2, 0.25) is 0 Å². The van der Waals surface area contributed by atoms with E-state index in [0.717, 1.165) is 27.6 Å². The Balaban J connectivity index is 1.43. The van der Waals surface area contributed by atoms with Gasteiger partial charge in [0.15, 0.2) is 11.5 Å². The van der Waals surface area contributed by atoms with Gasteiger partial charge in [-0.25, -0.2) is 4.79 Å². The van der Waals surface area contributed by atoms with Crippen LogP contribution in [-0.4, -0.2) is 38.2 Å². The van der Waals surface area contributed by atoms with Crippen LogP contribution in [0.1, 0.15) is 34.7 Å². The van der Waals surface area contributed by atoms with Crippen molar-refractivity contribution in [3.05, 3.63) is 99.4 Å². The topological polar surface area (TPSA) is 78.2 Å². The normalized spacial score (nSPS) is 14.7. The highest BCUT2D eigenvalue weighted by Crippen LogP contribution is 2.39. The summed E-state index contributed by atoms with van der Waals surface area (Å²) in [6.45, 7) is 2.69. The molecule has 2 heterocycles. The van der Waals surface area contributed by atoms with Gasteiger partial charge in [0, 0.05) is 30.5 Å². The molecule has 0 saturated heterocycles. The number of aryl methyl sites for hydroxylation is 2. The third kappa shape index (κ3) is 5.23. The molecule has 1 aromatic heterocycles. The highest BCUT2D eigenvalue weighted by atomic mass is 16.5. The molecule has 0 spiro atoms. The van der Waals surface area contributed by atoms with Gasteiger partial charge in [-0.2, -0.15) is 0 Å². The highest BCUT2D eigenvalue weighted by molar-refractivity contribution is 5.81. The molecule has 38 heavy (non-hydrogen) atoms. The van der Waals surface area contributed by atoms with E-state index >= 15 is 0 Å². The molecule has 0 fully saturated rings. The summed E-state index contributed by atoms with van der Waals surface area (Å²) in [7, 11) is 3.22. The smallest absolute Gasteiger partial charge is 0.336 e. The van der Waals surface area contributed by atoms with Crippen LogP contribution in [0.25, 0.3) is 11.0 Å². The summed E-state index contributed by atoms with van der Waals surface area (Å²) in [5.74, 6) is 1.91. The Kier molecular flexibility index (Phi) is 7.36. The minimum atomic E-state index is -0.399. The quantitative estimate of drug-likeness (QED) is 0.299. The van der Waals surface area contributed by atoms with Crippen LogP contribution < -0.4 is 19.8 Å². The van der Waals surface area contributed by atoms with Crippen molar-refractivity contribution in [2.24, 2.45) is 0 Å². The van der Waals surface area contributed by atoms with Gasteiger partial charge < -0.3 is 23.5 Å². The Bertz CT molecular complexity index is 1510. The van der Waals surface area contributed by atoms with Gasteiger partial charge in [-0.05, 0) is 66.3 Å². The molecule has 1 unspecified atom stereocenters. The fourth-order valence-corrected chi connectivity index (χ4v) is 5.12. The van der Waals surface area contributed by atoms with Crippen LogP contribution in [0.4, 0.5) is 0 Å². The van der Waals surface area contributed by atoms with Crippen molar-refractivity contribution in [2.45, 2.75) is 32.2 Å². The van der Waals surface area contributed by atoms with Crippen LogP contribution >= 0.6 is 0 Å². The fourth-order valence-electron chi connectivity index (χ4n) is 5.12. The number of nitrogens with zero attached hydrogens (tertiary/aromatic N) is 1. The van der Waals surface area contributed by atoms with E-state index in [4.69, 9.17) is 18.6 Å². The standard InChI is InChI=1S/C31H31NO6/c1-20-15-31(34)38-27-17-23(10-11-24(20)27)37-19-26-25-18-29(36-3)28(35-2)16-22(25)13-14-32(26)30(33)12-9-21-7-5-4-6-8-21/h4-8,10-11,15-18,26H,9,12-14,19H2,1-3H3. The predicted molar refractivity (Wildman–Crippen MR) is 145 cm³/mol. The molecule has 0 aliphatic carbocycles. The lowest BCUT2D eigenvalue weighted by Gasteiger charge is -2.37. The molecule has 1 aliphatic rings. The minimum Gasteiger partial charge on any atom is -0.493 e. The Labute approximate surface area is 221 Å². The van der Waals surface area contributed by atoms with E-state index < -0.39 is 5.63 Å². The lowest BCUT2D eigenvalue weighted by molar-refractivity contribution is -0.134. The van der Waals surface area contributed by atoms with Crippen LogP contribution in [0, 0.1) is 6.92 Å². The van der Waals surface area contributed by atoms with Crippen LogP contribution in [-0.2, 0) is 17.6 Å².